The highest BCUT2D eigenvalue weighted by molar-refractivity contribution is 5.37. The van der Waals surface area contributed by atoms with E-state index in [4.69, 9.17) is 5.73 Å². The first-order valence-corrected chi connectivity index (χ1v) is 7.10. The topological polar surface area (TPSA) is 38.0 Å². The van der Waals surface area contributed by atoms with Gasteiger partial charge in [-0.1, -0.05) is 35.9 Å². The summed E-state index contributed by atoms with van der Waals surface area (Å²) in [5.74, 6) is 0. The fourth-order valence-electron chi connectivity index (χ4n) is 3.24. The molecule has 0 amide bonds. The van der Waals surface area contributed by atoms with E-state index in [1.165, 1.54) is 36.8 Å². The van der Waals surface area contributed by atoms with Gasteiger partial charge in [-0.05, 0) is 49.8 Å². The van der Waals surface area contributed by atoms with Crippen molar-refractivity contribution < 1.29 is 0 Å². The van der Waals surface area contributed by atoms with Crippen LogP contribution in [0, 0.1) is 0 Å². The highest BCUT2D eigenvalue weighted by Gasteiger charge is 2.27. The summed E-state index contributed by atoms with van der Waals surface area (Å²) in [5, 5.41) is 3.67. The summed E-state index contributed by atoms with van der Waals surface area (Å²) in [4.78, 5) is 0. The zero-order valence-electron chi connectivity index (χ0n) is 10.9. The first-order valence-electron chi connectivity index (χ1n) is 7.10. The van der Waals surface area contributed by atoms with Gasteiger partial charge < -0.3 is 11.1 Å². The fourth-order valence-corrected chi connectivity index (χ4v) is 3.24. The van der Waals surface area contributed by atoms with Crippen LogP contribution in [0.2, 0.25) is 0 Å². The number of allylic oxidation sites excluding steroid dienone is 1. The number of fused-ring (bicyclic) bond motifs is 1. The molecule has 0 aromatic heterocycles. The molecule has 0 radical (unpaired) electrons. The third kappa shape index (κ3) is 2.36. The Kier molecular flexibility index (Phi) is 3.48. The molecule has 2 aliphatic rings. The van der Waals surface area contributed by atoms with Crippen LogP contribution in [0.3, 0.4) is 0 Å². The summed E-state index contributed by atoms with van der Waals surface area (Å²) < 4.78 is 0. The molecule has 2 heteroatoms. The standard InChI is InChI=1S/C16H22N2/c17-15-11-16(14-8-4-3-7-13(14)15)18-10-9-12-5-1-2-6-12/h3-5,7-8,15-16,18H,1-2,6,9-11,17H2. The first kappa shape index (κ1) is 11.9. The molecule has 3 rings (SSSR count). The minimum Gasteiger partial charge on any atom is -0.324 e. The van der Waals surface area contributed by atoms with E-state index in [0.29, 0.717) is 6.04 Å². The maximum Gasteiger partial charge on any atom is 0.0341 e. The lowest BCUT2D eigenvalue weighted by Crippen LogP contribution is -2.21. The van der Waals surface area contributed by atoms with Gasteiger partial charge in [0.2, 0.25) is 0 Å². The lowest BCUT2D eigenvalue weighted by Gasteiger charge is -2.14. The van der Waals surface area contributed by atoms with Gasteiger partial charge in [0.1, 0.15) is 0 Å². The maximum atomic E-state index is 6.18. The van der Waals surface area contributed by atoms with Crippen LogP contribution in [-0.4, -0.2) is 6.54 Å². The summed E-state index contributed by atoms with van der Waals surface area (Å²) in [5.41, 5.74) is 10.6. The highest BCUT2D eigenvalue weighted by Crippen LogP contribution is 2.36. The molecule has 1 aromatic carbocycles. The summed E-state index contributed by atoms with van der Waals surface area (Å²) in [6, 6.07) is 9.26. The van der Waals surface area contributed by atoms with Crippen LogP contribution in [0.1, 0.15) is 55.3 Å². The number of hydrogen-bond donors (Lipinski definition) is 2. The Morgan fingerprint density at radius 1 is 1.22 bits per heavy atom. The molecule has 3 N–H and O–H groups in total. The summed E-state index contributed by atoms with van der Waals surface area (Å²) in [6.45, 7) is 1.08. The Hall–Kier alpha value is -1.12. The zero-order valence-corrected chi connectivity index (χ0v) is 10.9. The summed E-state index contributed by atoms with van der Waals surface area (Å²) in [7, 11) is 0. The Morgan fingerprint density at radius 2 is 2.06 bits per heavy atom. The van der Waals surface area contributed by atoms with Gasteiger partial charge in [0, 0.05) is 12.1 Å². The van der Waals surface area contributed by atoms with Gasteiger partial charge >= 0.3 is 0 Å². The molecule has 2 atom stereocenters. The predicted molar refractivity (Wildman–Crippen MR) is 75.3 cm³/mol. The Morgan fingerprint density at radius 3 is 2.83 bits per heavy atom. The van der Waals surface area contributed by atoms with E-state index in [1.54, 1.807) is 5.57 Å². The van der Waals surface area contributed by atoms with E-state index in [2.05, 4.69) is 35.7 Å². The molecule has 2 nitrogen and oxygen atoms in total. The van der Waals surface area contributed by atoms with Crippen molar-refractivity contribution >= 4 is 0 Å². The van der Waals surface area contributed by atoms with Gasteiger partial charge in [0.15, 0.2) is 0 Å². The number of nitrogens with two attached hydrogens (primary N) is 1. The van der Waals surface area contributed by atoms with Gasteiger partial charge in [-0.2, -0.15) is 0 Å². The predicted octanol–water partition coefficient (Wildman–Crippen LogP) is 3.22. The molecule has 2 aliphatic carbocycles. The number of rotatable bonds is 4. The van der Waals surface area contributed by atoms with Gasteiger partial charge in [-0.3, -0.25) is 0 Å². The second kappa shape index (κ2) is 5.25. The minimum absolute atomic E-state index is 0.212. The number of hydrogen-bond acceptors (Lipinski definition) is 2. The number of nitrogens with one attached hydrogen (secondary N) is 1. The third-order valence-corrected chi connectivity index (χ3v) is 4.23. The number of benzene rings is 1. The van der Waals surface area contributed by atoms with Crippen LogP contribution < -0.4 is 11.1 Å². The molecule has 1 aromatic rings. The molecule has 0 heterocycles. The molecule has 96 valence electrons. The van der Waals surface area contributed by atoms with Crippen molar-refractivity contribution in [1.82, 2.24) is 5.32 Å². The van der Waals surface area contributed by atoms with Gasteiger partial charge in [-0.15, -0.1) is 0 Å². The average molecular weight is 242 g/mol. The maximum absolute atomic E-state index is 6.18. The second-order valence-electron chi connectivity index (χ2n) is 5.48. The van der Waals surface area contributed by atoms with Crippen LogP contribution in [0.25, 0.3) is 0 Å². The smallest absolute Gasteiger partial charge is 0.0341 e. The molecule has 0 bridgehead atoms. The van der Waals surface area contributed by atoms with E-state index in [0.717, 1.165) is 13.0 Å². The average Bonchev–Trinajstić information content (AvgIpc) is 3.00. The van der Waals surface area contributed by atoms with Gasteiger partial charge in [0.25, 0.3) is 0 Å². The van der Waals surface area contributed by atoms with Crippen molar-refractivity contribution in [2.45, 2.75) is 44.2 Å². The third-order valence-electron chi connectivity index (χ3n) is 4.23. The molecule has 18 heavy (non-hydrogen) atoms. The van der Waals surface area contributed by atoms with Gasteiger partial charge in [0.05, 0.1) is 0 Å². The zero-order chi connectivity index (χ0) is 12.4. The van der Waals surface area contributed by atoms with E-state index < -0.39 is 0 Å². The minimum atomic E-state index is 0.212. The lowest BCUT2D eigenvalue weighted by molar-refractivity contribution is 0.500. The van der Waals surface area contributed by atoms with E-state index in [9.17, 15) is 0 Å². The van der Waals surface area contributed by atoms with Gasteiger partial charge in [-0.25, -0.2) is 0 Å². The molecule has 0 fully saturated rings. The van der Waals surface area contributed by atoms with Crippen molar-refractivity contribution in [2.75, 3.05) is 6.54 Å². The summed E-state index contributed by atoms with van der Waals surface area (Å²) >= 11 is 0. The van der Waals surface area contributed by atoms with Crippen molar-refractivity contribution in [3.05, 3.63) is 47.0 Å². The fraction of sp³-hybridized carbons (Fsp3) is 0.500. The SMILES string of the molecule is NC1CC(NCCC2=CCCC2)c2ccccc21. The monoisotopic (exact) mass is 242 g/mol. The molecule has 0 saturated heterocycles. The van der Waals surface area contributed by atoms with Crippen LogP contribution >= 0.6 is 0 Å². The quantitative estimate of drug-likeness (QED) is 0.796. The van der Waals surface area contributed by atoms with Crippen molar-refractivity contribution in [1.29, 1.82) is 0 Å². The molecule has 0 spiro atoms. The molecule has 0 aliphatic heterocycles. The molecular weight excluding hydrogens is 220 g/mol. The van der Waals surface area contributed by atoms with Crippen LogP contribution in [0.4, 0.5) is 0 Å². The first-order chi connectivity index (χ1) is 8.84. The lowest BCUT2D eigenvalue weighted by atomic mass is 10.1. The van der Waals surface area contributed by atoms with Crippen LogP contribution in [0.5, 0.6) is 0 Å². The Labute approximate surface area is 109 Å². The van der Waals surface area contributed by atoms with Crippen LogP contribution in [0.15, 0.2) is 35.9 Å². The molecular formula is C16H22N2. The Bertz CT molecular complexity index is 450. The molecule has 0 saturated carbocycles. The van der Waals surface area contributed by atoms with Crippen molar-refractivity contribution in [3.63, 3.8) is 0 Å². The van der Waals surface area contributed by atoms with Crippen molar-refractivity contribution in [2.24, 2.45) is 5.73 Å². The highest BCUT2D eigenvalue weighted by atomic mass is 14.9. The van der Waals surface area contributed by atoms with E-state index >= 15 is 0 Å². The Balaban J connectivity index is 1.58. The summed E-state index contributed by atoms with van der Waals surface area (Å²) in [6.07, 6.45) is 8.60. The van der Waals surface area contributed by atoms with Crippen molar-refractivity contribution in [3.8, 4) is 0 Å². The largest absolute Gasteiger partial charge is 0.324 e. The van der Waals surface area contributed by atoms with E-state index in [1.807, 2.05) is 0 Å². The van der Waals surface area contributed by atoms with E-state index in [-0.39, 0.29) is 6.04 Å². The molecule has 2 unspecified atom stereocenters. The van der Waals surface area contributed by atoms with Crippen LogP contribution in [-0.2, 0) is 0 Å². The second-order valence-corrected chi connectivity index (χ2v) is 5.48. The normalized spacial score (nSPS) is 26.2.